The van der Waals surface area contributed by atoms with Gasteiger partial charge < -0.3 is 10.1 Å². The summed E-state index contributed by atoms with van der Waals surface area (Å²) in [6.45, 7) is 1.84. The second kappa shape index (κ2) is 5.69. The Hall–Kier alpha value is -2.43. The topological polar surface area (TPSA) is 38.3 Å². The lowest BCUT2D eigenvalue weighted by Crippen LogP contribution is -2.13. The number of amides is 1. The predicted molar refractivity (Wildman–Crippen MR) is 72.0 cm³/mol. The third-order valence-electron chi connectivity index (χ3n) is 2.85. The first-order valence-corrected chi connectivity index (χ1v) is 5.92. The first kappa shape index (κ1) is 14.0. The summed E-state index contributed by atoms with van der Waals surface area (Å²) in [5.74, 6) is -1.30. The summed E-state index contributed by atoms with van der Waals surface area (Å²) in [7, 11) is 1.50. The van der Waals surface area contributed by atoms with E-state index in [4.69, 9.17) is 4.74 Å². The first-order valence-electron chi connectivity index (χ1n) is 5.92. The van der Waals surface area contributed by atoms with E-state index in [2.05, 4.69) is 5.32 Å². The number of benzene rings is 2. The molecule has 0 aliphatic heterocycles. The van der Waals surface area contributed by atoms with E-state index in [1.165, 1.54) is 7.11 Å². The Balaban J connectivity index is 2.26. The summed E-state index contributed by atoms with van der Waals surface area (Å²) < 4.78 is 31.6. The molecule has 0 unspecified atom stereocenters. The lowest BCUT2D eigenvalue weighted by Gasteiger charge is -2.09. The second-order valence-corrected chi connectivity index (χ2v) is 4.26. The monoisotopic (exact) mass is 277 g/mol. The molecule has 2 rings (SSSR count). The lowest BCUT2D eigenvalue weighted by atomic mass is 10.1. The number of carbonyl (C=O) groups excluding carboxylic acids is 1. The van der Waals surface area contributed by atoms with Gasteiger partial charge in [0.1, 0.15) is 17.4 Å². The molecule has 1 amide bonds. The van der Waals surface area contributed by atoms with Crippen LogP contribution < -0.4 is 10.1 Å². The van der Waals surface area contributed by atoms with Gasteiger partial charge in [-0.2, -0.15) is 0 Å². The van der Waals surface area contributed by atoms with Crippen LogP contribution in [0, 0.1) is 18.6 Å². The van der Waals surface area contributed by atoms with Gasteiger partial charge in [-0.15, -0.1) is 0 Å². The van der Waals surface area contributed by atoms with Crippen molar-refractivity contribution in [2.75, 3.05) is 12.4 Å². The largest absolute Gasteiger partial charge is 0.496 e. The fraction of sp³-hybridized carbons (Fsp3) is 0.133. The molecule has 0 bridgehead atoms. The van der Waals surface area contributed by atoms with E-state index in [0.717, 1.165) is 23.8 Å². The van der Waals surface area contributed by atoms with Crippen molar-refractivity contribution in [1.29, 1.82) is 0 Å². The molecule has 0 heterocycles. The molecule has 0 aromatic heterocycles. The van der Waals surface area contributed by atoms with Crippen LogP contribution in [0.25, 0.3) is 0 Å². The number of methoxy groups -OCH3 is 1. The maximum atomic E-state index is 13.4. The first-order chi connectivity index (χ1) is 9.51. The van der Waals surface area contributed by atoms with Crippen molar-refractivity contribution in [3.05, 3.63) is 59.2 Å². The molecular weight excluding hydrogens is 264 g/mol. The van der Waals surface area contributed by atoms with E-state index in [-0.39, 0.29) is 5.69 Å². The summed E-state index contributed by atoms with van der Waals surface area (Å²) in [5.41, 5.74) is 0.978. The fourth-order valence-corrected chi connectivity index (χ4v) is 1.75. The van der Waals surface area contributed by atoms with Crippen molar-refractivity contribution in [3.63, 3.8) is 0 Å². The van der Waals surface area contributed by atoms with E-state index in [9.17, 15) is 13.6 Å². The van der Waals surface area contributed by atoms with Gasteiger partial charge in [-0.3, -0.25) is 4.79 Å². The summed E-state index contributed by atoms with van der Waals surface area (Å²) in [6, 6.07) is 7.72. The Bertz CT molecular complexity index is 656. The van der Waals surface area contributed by atoms with Crippen molar-refractivity contribution in [2.45, 2.75) is 6.92 Å². The molecule has 1 N–H and O–H groups in total. The Morgan fingerprint density at radius 3 is 2.60 bits per heavy atom. The second-order valence-electron chi connectivity index (χ2n) is 4.26. The Kier molecular flexibility index (Phi) is 3.98. The minimum atomic E-state index is -0.696. The molecule has 0 atom stereocenters. The zero-order valence-corrected chi connectivity index (χ0v) is 11.0. The third kappa shape index (κ3) is 2.93. The molecule has 0 aliphatic rings. The summed E-state index contributed by atoms with van der Waals surface area (Å²) in [5, 5.41) is 2.33. The molecule has 2 aromatic carbocycles. The lowest BCUT2D eigenvalue weighted by molar-refractivity contribution is 0.102. The smallest absolute Gasteiger partial charge is 0.255 e. The molecule has 0 saturated heterocycles. The number of hydrogen-bond donors (Lipinski definition) is 1. The number of halogens is 2. The molecule has 0 fully saturated rings. The van der Waals surface area contributed by atoms with Crippen LogP contribution in [0.1, 0.15) is 15.9 Å². The highest BCUT2D eigenvalue weighted by molar-refractivity contribution is 6.04. The van der Waals surface area contributed by atoms with Crippen LogP contribution in [-0.4, -0.2) is 13.0 Å². The Labute approximate surface area is 115 Å². The highest BCUT2D eigenvalue weighted by atomic mass is 19.1. The predicted octanol–water partition coefficient (Wildman–Crippen LogP) is 3.53. The SMILES string of the molecule is COc1cc(C(=O)Nc2cc(F)ccc2F)ccc1C. The van der Waals surface area contributed by atoms with Crippen LogP contribution in [0.2, 0.25) is 0 Å². The molecule has 0 aliphatic carbocycles. The van der Waals surface area contributed by atoms with E-state index in [1.54, 1.807) is 18.2 Å². The van der Waals surface area contributed by atoms with Crippen molar-refractivity contribution in [3.8, 4) is 5.75 Å². The maximum Gasteiger partial charge on any atom is 0.255 e. The molecule has 0 radical (unpaired) electrons. The Morgan fingerprint density at radius 2 is 1.90 bits per heavy atom. The molecular formula is C15H13F2NO2. The van der Waals surface area contributed by atoms with Gasteiger partial charge in [0.05, 0.1) is 12.8 Å². The van der Waals surface area contributed by atoms with Gasteiger partial charge in [-0.25, -0.2) is 8.78 Å². The zero-order valence-electron chi connectivity index (χ0n) is 11.0. The minimum Gasteiger partial charge on any atom is -0.496 e. The normalized spacial score (nSPS) is 10.2. The summed E-state index contributed by atoms with van der Waals surface area (Å²) in [4.78, 5) is 12.0. The van der Waals surface area contributed by atoms with E-state index >= 15 is 0 Å². The van der Waals surface area contributed by atoms with Gasteiger partial charge in [0.15, 0.2) is 0 Å². The van der Waals surface area contributed by atoms with Gasteiger partial charge in [-0.05, 0) is 36.8 Å². The van der Waals surface area contributed by atoms with Crippen LogP contribution >= 0.6 is 0 Å². The van der Waals surface area contributed by atoms with Gasteiger partial charge in [0.25, 0.3) is 5.91 Å². The number of aryl methyl sites for hydroxylation is 1. The molecule has 5 heteroatoms. The number of nitrogens with one attached hydrogen (secondary N) is 1. The van der Waals surface area contributed by atoms with E-state index < -0.39 is 17.5 Å². The van der Waals surface area contributed by atoms with Crippen LogP contribution in [0.4, 0.5) is 14.5 Å². The van der Waals surface area contributed by atoms with Gasteiger partial charge in [0.2, 0.25) is 0 Å². The van der Waals surface area contributed by atoms with Gasteiger partial charge in [-0.1, -0.05) is 6.07 Å². The number of ether oxygens (including phenoxy) is 1. The molecule has 20 heavy (non-hydrogen) atoms. The van der Waals surface area contributed by atoms with Crippen molar-refractivity contribution in [2.24, 2.45) is 0 Å². The maximum absolute atomic E-state index is 13.4. The van der Waals surface area contributed by atoms with Crippen LogP contribution in [0.5, 0.6) is 5.75 Å². The van der Waals surface area contributed by atoms with Gasteiger partial charge >= 0.3 is 0 Å². The zero-order chi connectivity index (χ0) is 14.7. The Morgan fingerprint density at radius 1 is 1.15 bits per heavy atom. The van der Waals surface area contributed by atoms with E-state index in [0.29, 0.717) is 11.3 Å². The number of rotatable bonds is 3. The minimum absolute atomic E-state index is 0.199. The third-order valence-corrected chi connectivity index (χ3v) is 2.85. The van der Waals surface area contributed by atoms with Gasteiger partial charge in [0, 0.05) is 11.6 Å². The quantitative estimate of drug-likeness (QED) is 0.932. The average molecular weight is 277 g/mol. The number of carbonyl (C=O) groups is 1. The molecule has 3 nitrogen and oxygen atoms in total. The highest BCUT2D eigenvalue weighted by Crippen LogP contribution is 2.21. The molecule has 0 saturated carbocycles. The standard InChI is InChI=1S/C15H13F2NO2/c1-9-3-4-10(7-14(9)20-2)15(19)18-13-8-11(16)5-6-12(13)17/h3-8H,1-2H3,(H,18,19). The average Bonchev–Trinajstić information content (AvgIpc) is 2.43. The molecule has 2 aromatic rings. The highest BCUT2D eigenvalue weighted by Gasteiger charge is 2.12. The van der Waals surface area contributed by atoms with Crippen LogP contribution in [0.15, 0.2) is 36.4 Å². The number of hydrogen-bond acceptors (Lipinski definition) is 2. The number of anilines is 1. The van der Waals surface area contributed by atoms with E-state index in [1.807, 2.05) is 6.92 Å². The summed E-state index contributed by atoms with van der Waals surface area (Å²) in [6.07, 6.45) is 0. The van der Waals surface area contributed by atoms with Crippen molar-refractivity contribution >= 4 is 11.6 Å². The molecule has 0 spiro atoms. The fourth-order valence-electron chi connectivity index (χ4n) is 1.75. The van der Waals surface area contributed by atoms with Crippen molar-refractivity contribution < 1.29 is 18.3 Å². The van der Waals surface area contributed by atoms with Crippen LogP contribution in [-0.2, 0) is 0 Å². The van der Waals surface area contributed by atoms with Crippen LogP contribution in [0.3, 0.4) is 0 Å². The molecule has 104 valence electrons. The summed E-state index contributed by atoms with van der Waals surface area (Å²) >= 11 is 0. The van der Waals surface area contributed by atoms with Crippen molar-refractivity contribution in [1.82, 2.24) is 0 Å².